The Labute approximate surface area is 149 Å². The predicted octanol–water partition coefficient (Wildman–Crippen LogP) is 2.95. The molecular formula is C19H28N4O2. The topological polar surface area (TPSA) is 78.4 Å². The van der Waals surface area contributed by atoms with Crippen LogP contribution in [-0.4, -0.2) is 51.6 Å². The molecule has 2 fully saturated rings. The maximum absolute atomic E-state index is 10.6. The summed E-state index contributed by atoms with van der Waals surface area (Å²) in [6.45, 7) is 5.31. The number of carboxylic acid groups (broad SMARTS) is 1. The Morgan fingerprint density at radius 2 is 2.16 bits per heavy atom. The molecule has 6 nitrogen and oxygen atoms in total. The second kappa shape index (κ2) is 8.43. The molecule has 0 unspecified atom stereocenters. The fourth-order valence-electron chi connectivity index (χ4n) is 3.90. The number of nitrogens with zero attached hydrogens (tertiary/aromatic N) is 3. The number of aliphatic carboxylic acids is 1. The van der Waals surface area contributed by atoms with Gasteiger partial charge in [-0.3, -0.25) is 0 Å². The van der Waals surface area contributed by atoms with E-state index in [0.29, 0.717) is 12.0 Å². The molecule has 2 N–H and O–H groups in total. The van der Waals surface area contributed by atoms with Crippen molar-refractivity contribution >= 4 is 18.0 Å². The Hall–Kier alpha value is -1.95. The van der Waals surface area contributed by atoms with Crippen LogP contribution in [0.3, 0.4) is 0 Å². The molecule has 1 aromatic heterocycles. The van der Waals surface area contributed by atoms with E-state index in [0.717, 1.165) is 42.8 Å². The van der Waals surface area contributed by atoms with Crippen molar-refractivity contribution in [2.24, 2.45) is 5.92 Å². The average Bonchev–Trinajstić information content (AvgIpc) is 3.02. The molecule has 0 bridgehead atoms. The van der Waals surface area contributed by atoms with Gasteiger partial charge < -0.3 is 15.3 Å². The maximum atomic E-state index is 10.6. The van der Waals surface area contributed by atoms with Crippen LogP contribution in [0.1, 0.15) is 49.8 Å². The largest absolute Gasteiger partial charge is 0.478 e. The van der Waals surface area contributed by atoms with Crippen molar-refractivity contribution in [3.8, 4) is 0 Å². The van der Waals surface area contributed by atoms with Gasteiger partial charge in [0.15, 0.2) is 0 Å². The van der Waals surface area contributed by atoms with Crippen LogP contribution < -0.4 is 5.32 Å². The number of nitrogens with one attached hydrogen (secondary N) is 1. The van der Waals surface area contributed by atoms with Crippen LogP contribution >= 0.6 is 0 Å². The van der Waals surface area contributed by atoms with E-state index in [9.17, 15) is 4.79 Å². The maximum Gasteiger partial charge on any atom is 0.328 e. The first-order valence-electron chi connectivity index (χ1n) is 9.33. The molecule has 1 atom stereocenters. The zero-order chi connectivity index (χ0) is 17.6. The zero-order valence-electron chi connectivity index (χ0n) is 14.9. The summed E-state index contributed by atoms with van der Waals surface area (Å²) >= 11 is 0. The second-order valence-corrected chi connectivity index (χ2v) is 7.30. The first-order chi connectivity index (χ1) is 12.1. The molecule has 3 rings (SSSR count). The van der Waals surface area contributed by atoms with E-state index in [2.05, 4.69) is 20.2 Å². The highest BCUT2D eigenvalue weighted by atomic mass is 16.4. The lowest BCUT2D eigenvalue weighted by Gasteiger charge is -2.26. The van der Waals surface area contributed by atoms with Gasteiger partial charge in [-0.15, -0.1) is 0 Å². The average molecular weight is 344 g/mol. The molecule has 1 aromatic rings. The van der Waals surface area contributed by atoms with Crippen LogP contribution in [0.15, 0.2) is 12.3 Å². The lowest BCUT2D eigenvalue weighted by atomic mass is 9.89. The molecule has 2 aliphatic rings. The van der Waals surface area contributed by atoms with Gasteiger partial charge in [0.2, 0.25) is 5.95 Å². The molecule has 0 spiro atoms. The van der Waals surface area contributed by atoms with Crippen molar-refractivity contribution in [2.75, 3.05) is 25.0 Å². The van der Waals surface area contributed by atoms with Crippen LogP contribution in [0.25, 0.3) is 6.08 Å². The summed E-state index contributed by atoms with van der Waals surface area (Å²) in [4.78, 5) is 22.0. The second-order valence-electron chi connectivity index (χ2n) is 7.30. The molecule has 6 heteroatoms. The van der Waals surface area contributed by atoms with E-state index in [-0.39, 0.29) is 0 Å². The summed E-state index contributed by atoms with van der Waals surface area (Å²) in [6.07, 6.45) is 12.4. The number of rotatable bonds is 6. The van der Waals surface area contributed by atoms with Crippen LogP contribution in [0, 0.1) is 12.8 Å². The summed E-state index contributed by atoms with van der Waals surface area (Å²) in [5, 5.41) is 12.1. The normalized spacial score (nSPS) is 22.5. The van der Waals surface area contributed by atoms with Crippen LogP contribution in [0.2, 0.25) is 0 Å². The van der Waals surface area contributed by atoms with Crippen molar-refractivity contribution in [1.29, 1.82) is 0 Å². The molecule has 136 valence electrons. The number of carboxylic acids is 1. The number of likely N-dealkylation sites (tertiary alicyclic amines) is 1. The van der Waals surface area contributed by atoms with E-state index in [1.807, 2.05) is 6.92 Å². The highest BCUT2D eigenvalue weighted by Gasteiger charge is 2.25. The Morgan fingerprint density at radius 1 is 1.36 bits per heavy atom. The number of hydrogen-bond donors (Lipinski definition) is 2. The summed E-state index contributed by atoms with van der Waals surface area (Å²) in [5.74, 6) is 0.548. The van der Waals surface area contributed by atoms with Crippen molar-refractivity contribution in [3.63, 3.8) is 0 Å². The van der Waals surface area contributed by atoms with Crippen molar-refractivity contribution in [3.05, 3.63) is 23.5 Å². The van der Waals surface area contributed by atoms with Gasteiger partial charge in [0.05, 0.1) is 5.69 Å². The first-order valence-corrected chi connectivity index (χ1v) is 9.33. The van der Waals surface area contributed by atoms with Gasteiger partial charge >= 0.3 is 5.97 Å². The Balaban J connectivity index is 1.51. The van der Waals surface area contributed by atoms with Gasteiger partial charge in [-0.2, -0.15) is 0 Å². The van der Waals surface area contributed by atoms with Crippen LogP contribution in [-0.2, 0) is 4.79 Å². The lowest BCUT2D eigenvalue weighted by molar-refractivity contribution is -0.131. The molecular weight excluding hydrogens is 316 g/mol. The summed E-state index contributed by atoms with van der Waals surface area (Å²) < 4.78 is 0. The summed E-state index contributed by atoms with van der Waals surface area (Å²) in [5.41, 5.74) is 1.52. The Morgan fingerprint density at radius 3 is 2.88 bits per heavy atom. The predicted molar refractivity (Wildman–Crippen MR) is 98.5 cm³/mol. The summed E-state index contributed by atoms with van der Waals surface area (Å²) in [7, 11) is 0. The molecule has 1 aliphatic carbocycles. The number of aromatic nitrogens is 2. The van der Waals surface area contributed by atoms with E-state index < -0.39 is 5.97 Å². The molecule has 0 amide bonds. The standard InChI is InChI=1S/C19H28N4O2/c1-14-16(7-8-18(24)25)11-20-19(21-14)22-17-9-10-23(13-17)12-15-5-3-2-4-6-15/h7-8,11,15,17H,2-6,9-10,12-13H2,1H3,(H,24,25)(H,20,21,22)/t17-/m1/s1. The van der Waals surface area contributed by atoms with Crippen molar-refractivity contribution < 1.29 is 9.90 Å². The number of aryl methyl sites for hydroxylation is 1. The van der Waals surface area contributed by atoms with Gasteiger partial charge in [-0.1, -0.05) is 19.3 Å². The highest BCUT2D eigenvalue weighted by molar-refractivity contribution is 5.85. The smallest absolute Gasteiger partial charge is 0.328 e. The third kappa shape index (κ3) is 5.26. The Bertz CT molecular complexity index is 626. The third-order valence-electron chi connectivity index (χ3n) is 5.27. The monoisotopic (exact) mass is 344 g/mol. The fourth-order valence-corrected chi connectivity index (χ4v) is 3.90. The number of hydrogen-bond acceptors (Lipinski definition) is 5. The van der Waals surface area contributed by atoms with E-state index in [1.54, 1.807) is 6.20 Å². The Kier molecular flexibility index (Phi) is 6.02. The summed E-state index contributed by atoms with van der Waals surface area (Å²) in [6, 6.07) is 0.392. The SMILES string of the molecule is Cc1nc(N[C@@H]2CCN(CC3CCCCC3)C2)ncc1C=CC(=O)O. The zero-order valence-corrected chi connectivity index (χ0v) is 14.9. The minimum atomic E-state index is -0.967. The quantitative estimate of drug-likeness (QED) is 0.773. The molecule has 2 heterocycles. The lowest BCUT2D eigenvalue weighted by Crippen LogP contribution is -2.31. The van der Waals surface area contributed by atoms with Gasteiger partial charge in [0.25, 0.3) is 0 Å². The molecule has 0 aromatic carbocycles. The fraction of sp³-hybridized carbons (Fsp3) is 0.632. The van der Waals surface area contributed by atoms with Crippen LogP contribution in [0.4, 0.5) is 5.95 Å². The van der Waals surface area contributed by atoms with Crippen molar-refractivity contribution in [2.45, 2.75) is 51.5 Å². The van der Waals surface area contributed by atoms with Crippen LogP contribution in [0.5, 0.6) is 0 Å². The molecule has 1 saturated carbocycles. The van der Waals surface area contributed by atoms with Crippen molar-refractivity contribution in [1.82, 2.24) is 14.9 Å². The number of carbonyl (C=O) groups is 1. The minimum absolute atomic E-state index is 0.392. The first kappa shape index (κ1) is 17.9. The highest BCUT2D eigenvalue weighted by Crippen LogP contribution is 2.26. The number of anilines is 1. The van der Waals surface area contributed by atoms with Gasteiger partial charge in [-0.05, 0) is 38.2 Å². The molecule has 25 heavy (non-hydrogen) atoms. The van der Waals surface area contributed by atoms with E-state index >= 15 is 0 Å². The third-order valence-corrected chi connectivity index (χ3v) is 5.27. The minimum Gasteiger partial charge on any atom is -0.478 e. The van der Waals surface area contributed by atoms with Gasteiger partial charge in [0.1, 0.15) is 0 Å². The van der Waals surface area contributed by atoms with E-state index in [1.165, 1.54) is 44.7 Å². The molecule has 0 radical (unpaired) electrons. The molecule has 1 saturated heterocycles. The molecule has 1 aliphatic heterocycles. The van der Waals surface area contributed by atoms with Gasteiger partial charge in [-0.25, -0.2) is 14.8 Å². The van der Waals surface area contributed by atoms with E-state index in [4.69, 9.17) is 5.11 Å². The van der Waals surface area contributed by atoms with Gasteiger partial charge in [0, 0.05) is 43.5 Å².